The normalized spacial score (nSPS) is 14.6. The van der Waals surface area contributed by atoms with Gasteiger partial charge in [-0.05, 0) is 49.2 Å². The first-order chi connectivity index (χ1) is 14.5. The number of hydrogen-bond acceptors (Lipinski definition) is 3. The number of carbonyl (C=O) groups excluding carboxylic acids is 1. The molecule has 1 amide bonds. The first-order valence-electron chi connectivity index (χ1n) is 9.85. The Bertz CT molecular complexity index is 1040. The van der Waals surface area contributed by atoms with Crippen molar-refractivity contribution in [1.29, 1.82) is 0 Å². The Balaban J connectivity index is 1.69. The molecule has 0 bridgehead atoms. The Morgan fingerprint density at radius 2 is 1.67 bits per heavy atom. The molecular weight excluding hydrogens is 443 g/mol. The number of carbonyl (C=O) groups is 1. The third-order valence-electron chi connectivity index (χ3n) is 5.05. The largest absolute Gasteiger partial charge is 0.289 e. The fourth-order valence-electron chi connectivity index (χ4n) is 3.58. The molecule has 156 valence electrons. The summed E-state index contributed by atoms with van der Waals surface area (Å²) in [5.41, 5.74) is 4.98. The van der Waals surface area contributed by atoms with Crippen LogP contribution in [-0.2, 0) is 11.2 Å². The van der Waals surface area contributed by atoms with Gasteiger partial charge in [0.05, 0.1) is 17.1 Å². The fourth-order valence-corrected chi connectivity index (χ4v) is 4.21. The molecule has 0 unspecified atom stereocenters. The molecule has 8 heteroatoms. The molecular formula is C22H21Cl3N4O. The summed E-state index contributed by atoms with van der Waals surface area (Å²) in [6.45, 7) is 1.73. The van der Waals surface area contributed by atoms with E-state index >= 15 is 0 Å². The summed E-state index contributed by atoms with van der Waals surface area (Å²) in [5.74, 6) is 0.443. The van der Waals surface area contributed by atoms with E-state index in [1.807, 2.05) is 35.3 Å². The standard InChI is InChI=1S/C22H21Cl3N4O/c23-15-8-10-16(11-9-15)29-21(25)19(14-20(30)27-28-12-4-1-5-13-28)26-22(29)17-6-2-3-7-18(17)24/h2-3,6-11H,1,4-5,12-14H2,(H,27,30). The summed E-state index contributed by atoms with van der Waals surface area (Å²) >= 11 is 19.2. The second kappa shape index (κ2) is 9.40. The zero-order valence-electron chi connectivity index (χ0n) is 16.2. The molecule has 1 aliphatic heterocycles. The maximum absolute atomic E-state index is 12.6. The summed E-state index contributed by atoms with van der Waals surface area (Å²) in [7, 11) is 0. The van der Waals surface area contributed by atoms with Gasteiger partial charge in [-0.3, -0.25) is 14.8 Å². The fraction of sp³-hybridized carbons (Fsp3) is 0.273. The van der Waals surface area contributed by atoms with Crippen LogP contribution in [0.15, 0.2) is 48.5 Å². The lowest BCUT2D eigenvalue weighted by Crippen LogP contribution is -2.45. The molecule has 30 heavy (non-hydrogen) atoms. The molecule has 5 nitrogen and oxygen atoms in total. The predicted octanol–water partition coefficient (Wildman–Crippen LogP) is 5.56. The van der Waals surface area contributed by atoms with E-state index < -0.39 is 0 Å². The van der Waals surface area contributed by atoms with E-state index in [2.05, 4.69) is 5.43 Å². The average molecular weight is 464 g/mol. The number of nitrogens with one attached hydrogen (secondary N) is 1. The van der Waals surface area contributed by atoms with Gasteiger partial charge in [-0.25, -0.2) is 9.99 Å². The van der Waals surface area contributed by atoms with Crippen LogP contribution >= 0.6 is 34.8 Å². The third-order valence-corrected chi connectivity index (χ3v) is 6.02. The summed E-state index contributed by atoms with van der Waals surface area (Å²) in [6, 6.07) is 14.7. The topological polar surface area (TPSA) is 50.2 Å². The van der Waals surface area contributed by atoms with Gasteiger partial charge in [-0.2, -0.15) is 0 Å². The lowest BCUT2D eigenvalue weighted by molar-refractivity contribution is -0.125. The minimum Gasteiger partial charge on any atom is -0.289 e. The van der Waals surface area contributed by atoms with Crippen molar-refractivity contribution < 1.29 is 4.79 Å². The molecule has 3 aromatic rings. The molecule has 1 N–H and O–H groups in total. The summed E-state index contributed by atoms with van der Waals surface area (Å²) in [6.07, 6.45) is 3.45. The zero-order valence-corrected chi connectivity index (χ0v) is 18.5. The first-order valence-corrected chi connectivity index (χ1v) is 11.0. The number of rotatable bonds is 5. The van der Waals surface area contributed by atoms with Crippen molar-refractivity contribution in [3.05, 3.63) is 69.4 Å². The van der Waals surface area contributed by atoms with Crippen LogP contribution in [0.4, 0.5) is 0 Å². The minimum atomic E-state index is -0.134. The highest BCUT2D eigenvalue weighted by atomic mass is 35.5. The number of aromatic nitrogens is 2. The molecule has 0 radical (unpaired) electrons. The summed E-state index contributed by atoms with van der Waals surface area (Å²) in [4.78, 5) is 17.3. The molecule has 0 saturated carbocycles. The lowest BCUT2D eigenvalue weighted by atomic mass is 10.2. The smallest absolute Gasteiger partial charge is 0.240 e. The molecule has 2 aromatic carbocycles. The SMILES string of the molecule is O=C(Cc1nc(-c2ccccc2Cl)n(-c2ccc(Cl)cc2)c1Cl)NN1CCCCC1. The van der Waals surface area contributed by atoms with E-state index in [4.69, 9.17) is 39.8 Å². The number of piperidine rings is 1. The monoisotopic (exact) mass is 462 g/mol. The average Bonchev–Trinajstić information content (AvgIpc) is 3.05. The predicted molar refractivity (Wildman–Crippen MR) is 121 cm³/mol. The zero-order chi connectivity index (χ0) is 21.1. The number of imidazole rings is 1. The Morgan fingerprint density at radius 1 is 0.967 bits per heavy atom. The van der Waals surface area contributed by atoms with Crippen LogP contribution in [0.2, 0.25) is 15.2 Å². The van der Waals surface area contributed by atoms with Crippen LogP contribution in [0.3, 0.4) is 0 Å². The number of halogens is 3. The quantitative estimate of drug-likeness (QED) is 0.539. The van der Waals surface area contributed by atoms with E-state index in [-0.39, 0.29) is 12.3 Å². The van der Waals surface area contributed by atoms with Crippen LogP contribution in [0.1, 0.15) is 25.0 Å². The van der Waals surface area contributed by atoms with Crippen molar-refractivity contribution in [3.8, 4) is 17.1 Å². The van der Waals surface area contributed by atoms with Gasteiger partial charge < -0.3 is 0 Å². The molecule has 2 heterocycles. The van der Waals surface area contributed by atoms with Crippen molar-refractivity contribution in [2.24, 2.45) is 0 Å². The highest BCUT2D eigenvalue weighted by molar-refractivity contribution is 6.33. The molecule has 1 fully saturated rings. The highest BCUT2D eigenvalue weighted by Gasteiger charge is 2.22. The molecule has 1 saturated heterocycles. The van der Waals surface area contributed by atoms with Crippen LogP contribution < -0.4 is 5.43 Å². The minimum absolute atomic E-state index is 0.0768. The Labute approximate surface area is 190 Å². The second-order valence-corrected chi connectivity index (χ2v) is 8.43. The van der Waals surface area contributed by atoms with Crippen molar-refractivity contribution in [2.75, 3.05) is 13.1 Å². The van der Waals surface area contributed by atoms with Gasteiger partial charge in [-0.15, -0.1) is 0 Å². The number of hydrogen-bond donors (Lipinski definition) is 1. The van der Waals surface area contributed by atoms with Gasteiger partial charge in [0.25, 0.3) is 0 Å². The van der Waals surface area contributed by atoms with Gasteiger partial charge in [0.1, 0.15) is 11.0 Å². The van der Waals surface area contributed by atoms with Crippen LogP contribution in [-0.4, -0.2) is 33.6 Å². The van der Waals surface area contributed by atoms with Crippen molar-refractivity contribution in [2.45, 2.75) is 25.7 Å². The van der Waals surface area contributed by atoms with E-state index in [0.29, 0.717) is 26.7 Å². The van der Waals surface area contributed by atoms with Crippen molar-refractivity contribution >= 4 is 40.7 Å². The van der Waals surface area contributed by atoms with Gasteiger partial charge in [0.15, 0.2) is 0 Å². The van der Waals surface area contributed by atoms with Crippen LogP contribution in [0.5, 0.6) is 0 Å². The van der Waals surface area contributed by atoms with Crippen LogP contribution in [0.25, 0.3) is 17.1 Å². The molecule has 0 aliphatic carbocycles. The second-order valence-electron chi connectivity index (χ2n) is 7.22. The van der Waals surface area contributed by atoms with Gasteiger partial charge in [0.2, 0.25) is 5.91 Å². The molecule has 0 spiro atoms. The number of amides is 1. The molecule has 4 rings (SSSR count). The number of nitrogens with zero attached hydrogens (tertiary/aromatic N) is 3. The van der Waals surface area contributed by atoms with E-state index in [0.717, 1.165) is 37.2 Å². The summed E-state index contributed by atoms with van der Waals surface area (Å²) in [5, 5.41) is 3.51. The van der Waals surface area contributed by atoms with E-state index in [1.54, 1.807) is 22.8 Å². The Morgan fingerprint density at radius 3 is 2.37 bits per heavy atom. The number of hydrazine groups is 1. The first kappa shape index (κ1) is 21.2. The van der Waals surface area contributed by atoms with Crippen LogP contribution in [0, 0.1) is 0 Å². The number of benzene rings is 2. The third kappa shape index (κ3) is 4.65. The molecule has 1 aromatic heterocycles. The lowest BCUT2D eigenvalue weighted by Gasteiger charge is -2.26. The van der Waals surface area contributed by atoms with E-state index in [9.17, 15) is 4.79 Å². The Kier molecular flexibility index (Phi) is 6.64. The molecule has 1 aliphatic rings. The summed E-state index contributed by atoms with van der Waals surface area (Å²) < 4.78 is 1.79. The maximum atomic E-state index is 12.6. The van der Waals surface area contributed by atoms with Crippen molar-refractivity contribution in [1.82, 2.24) is 20.0 Å². The van der Waals surface area contributed by atoms with Crippen molar-refractivity contribution in [3.63, 3.8) is 0 Å². The van der Waals surface area contributed by atoms with Gasteiger partial charge >= 0.3 is 0 Å². The van der Waals surface area contributed by atoms with Gasteiger partial charge in [-0.1, -0.05) is 53.4 Å². The highest BCUT2D eigenvalue weighted by Crippen LogP contribution is 2.34. The van der Waals surface area contributed by atoms with E-state index in [1.165, 1.54) is 6.42 Å². The Hall–Kier alpha value is -2.05. The van der Waals surface area contributed by atoms with Gasteiger partial charge in [0, 0.05) is 29.4 Å². The molecule has 0 atom stereocenters. The maximum Gasteiger partial charge on any atom is 0.240 e.